The van der Waals surface area contributed by atoms with Gasteiger partial charge in [0.1, 0.15) is 5.75 Å². The number of fused-ring (bicyclic) bond motifs is 1. The molecular weight excluding hydrogens is 491 g/mol. The number of nitrogens with zero attached hydrogens (tertiary/aromatic N) is 3. The lowest BCUT2D eigenvalue weighted by molar-refractivity contribution is 0.0598. The Labute approximate surface area is 214 Å². The fourth-order valence-electron chi connectivity index (χ4n) is 3.99. The van der Waals surface area contributed by atoms with Gasteiger partial charge in [-0.2, -0.15) is 5.48 Å². The van der Waals surface area contributed by atoms with Gasteiger partial charge in [0, 0.05) is 50.7 Å². The second-order valence-electron chi connectivity index (χ2n) is 8.12. The van der Waals surface area contributed by atoms with Crippen molar-refractivity contribution in [2.24, 2.45) is 0 Å². The fourth-order valence-corrected chi connectivity index (χ4v) is 4.41. The van der Waals surface area contributed by atoms with Crippen LogP contribution in [0.5, 0.6) is 11.6 Å². The first-order chi connectivity index (χ1) is 17.0. The maximum atomic E-state index is 11.5. The van der Waals surface area contributed by atoms with Crippen LogP contribution in [0.25, 0.3) is 10.9 Å². The Morgan fingerprint density at radius 1 is 1.06 bits per heavy atom. The number of halogens is 2. The number of benzene rings is 2. The second-order valence-corrected chi connectivity index (χ2v) is 8.90. The minimum atomic E-state index is -0.874. The van der Waals surface area contributed by atoms with Crippen molar-refractivity contribution in [1.82, 2.24) is 15.4 Å². The van der Waals surface area contributed by atoms with Crippen molar-refractivity contribution in [1.29, 1.82) is 0 Å². The number of aromatic nitrogens is 1. The standard InChI is InChI=1S/C25H28Cl2N4O4/c1-28-35-25(32)34-23-10-8-18-7-9-19(17-21(18)29-23)33-16-3-2-11-30-12-14-31(15-13-30)22-6-4-5-20(26)24(22)27/h4-10,17,28H,2-3,11-16H2,1H3. The van der Waals surface area contributed by atoms with E-state index in [1.807, 2.05) is 42.5 Å². The molecule has 0 aliphatic carbocycles. The molecule has 8 nitrogen and oxygen atoms in total. The van der Waals surface area contributed by atoms with Gasteiger partial charge >= 0.3 is 6.16 Å². The van der Waals surface area contributed by atoms with E-state index < -0.39 is 6.16 Å². The van der Waals surface area contributed by atoms with Crippen molar-refractivity contribution in [2.75, 3.05) is 51.3 Å². The molecule has 0 unspecified atom stereocenters. The van der Waals surface area contributed by atoms with E-state index in [4.69, 9.17) is 32.7 Å². The van der Waals surface area contributed by atoms with Crippen molar-refractivity contribution < 1.29 is 19.1 Å². The van der Waals surface area contributed by atoms with E-state index in [1.54, 1.807) is 6.07 Å². The molecule has 0 saturated carbocycles. The zero-order chi connectivity index (χ0) is 24.6. The number of anilines is 1. The summed E-state index contributed by atoms with van der Waals surface area (Å²) in [6.07, 6.45) is 1.13. The number of unbranched alkanes of at least 4 members (excludes halogenated alkanes) is 1. The highest BCUT2D eigenvalue weighted by Gasteiger charge is 2.19. The molecule has 1 fully saturated rings. The van der Waals surface area contributed by atoms with Crippen LogP contribution in [0, 0.1) is 0 Å². The van der Waals surface area contributed by atoms with Crippen LogP contribution < -0.4 is 19.9 Å². The van der Waals surface area contributed by atoms with E-state index >= 15 is 0 Å². The van der Waals surface area contributed by atoms with Crippen LogP contribution in [0.3, 0.4) is 0 Å². The van der Waals surface area contributed by atoms with Gasteiger partial charge in [-0.15, -0.1) is 0 Å². The van der Waals surface area contributed by atoms with Crippen LogP contribution in [0.1, 0.15) is 12.8 Å². The molecule has 2 heterocycles. The number of hydrogen-bond acceptors (Lipinski definition) is 8. The van der Waals surface area contributed by atoms with Gasteiger partial charge in [-0.3, -0.25) is 4.90 Å². The molecule has 1 aliphatic rings. The largest absolute Gasteiger partial charge is 0.534 e. The maximum absolute atomic E-state index is 11.5. The summed E-state index contributed by atoms with van der Waals surface area (Å²) in [5, 5.41) is 2.14. The van der Waals surface area contributed by atoms with Gasteiger partial charge in [-0.1, -0.05) is 29.3 Å². The lowest BCUT2D eigenvalue weighted by Crippen LogP contribution is -2.46. The number of rotatable bonds is 9. The third-order valence-corrected chi connectivity index (χ3v) is 6.60. The summed E-state index contributed by atoms with van der Waals surface area (Å²) in [7, 11) is 1.47. The van der Waals surface area contributed by atoms with Gasteiger partial charge in [0.15, 0.2) is 0 Å². The van der Waals surface area contributed by atoms with Gasteiger partial charge in [0.2, 0.25) is 5.88 Å². The summed E-state index contributed by atoms with van der Waals surface area (Å²) in [6, 6.07) is 14.9. The first-order valence-corrected chi connectivity index (χ1v) is 12.3. The van der Waals surface area contributed by atoms with Crippen molar-refractivity contribution in [3.05, 3.63) is 58.6 Å². The Morgan fingerprint density at radius 2 is 1.86 bits per heavy atom. The Balaban J connectivity index is 1.19. The molecule has 0 spiro atoms. The van der Waals surface area contributed by atoms with E-state index in [1.165, 1.54) is 7.05 Å². The molecule has 4 rings (SSSR count). The lowest BCUT2D eigenvalue weighted by atomic mass is 10.2. The average molecular weight is 519 g/mol. The number of nitrogens with one attached hydrogen (secondary N) is 1. The summed E-state index contributed by atoms with van der Waals surface area (Å²) < 4.78 is 10.9. The predicted octanol–water partition coefficient (Wildman–Crippen LogP) is 5.17. The van der Waals surface area contributed by atoms with Crippen LogP contribution in [0.15, 0.2) is 48.5 Å². The van der Waals surface area contributed by atoms with Gasteiger partial charge < -0.3 is 19.2 Å². The van der Waals surface area contributed by atoms with E-state index in [9.17, 15) is 4.79 Å². The minimum absolute atomic E-state index is 0.160. The highest BCUT2D eigenvalue weighted by atomic mass is 35.5. The second kappa shape index (κ2) is 12.3. The molecule has 35 heavy (non-hydrogen) atoms. The summed E-state index contributed by atoms with van der Waals surface area (Å²) >= 11 is 12.5. The molecule has 2 aromatic carbocycles. The third-order valence-electron chi connectivity index (χ3n) is 5.79. The molecule has 1 aliphatic heterocycles. The normalized spacial score (nSPS) is 14.2. The van der Waals surface area contributed by atoms with Gasteiger partial charge in [0.05, 0.1) is 27.9 Å². The van der Waals surface area contributed by atoms with Crippen molar-refractivity contribution >= 4 is 45.9 Å². The van der Waals surface area contributed by atoms with Crippen LogP contribution >= 0.6 is 23.2 Å². The minimum Gasteiger partial charge on any atom is -0.494 e. The molecule has 0 bridgehead atoms. The van der Waals surface area contributed by atoms with E-state index in [0.717, 1.165) is 62.4 Å². The Hall–Kier alpha value is -2.78. The molecule has 10 heteroatoms. The van der Waals surface area contributed by atoms with Crippen LogP contribution in [-0.4, -0.2) is 62.4 Å². The van der Waals surface area contributed by atoms with Crippen molar-refractivity contribution in [3.8, 4) is 11.6 Å². The average Bonchev–Trinajstić information content (AvgIpc) is 2.86. The van der Waals surface area contributed by atoms with E-state index in [0.29, 0.717) is 22.2 Å². The molecule has 0 atom stereocenters. The molecule has 3 aromatic rings. The summed E-state index contributed by atoms with van der Waals surface area (Å²) in [4.78, 5) is 25.1. The van der Waals surface area contributed by atoms with Crippen molar-refractivity contribution in [3.63, 3.8) is 0 Å². The number of pyridine rings is 1. The molecule has 1 saturated heterocycles. The van der Waals surface area contributed by atoms with E-state index in [2.05, 4.69) is 25.1 Å². The lowest BCUT2D eigenvalue weighted by Gasteiger charge is -2.36. The highest BCUT2D eigenvalue weighted by molar-refractivity contribution is 6.43. The smallest absolute Gasteiger partial charge is 0.494 e. The molecular formula is C25H28Cl2N4O4. The first-order valence-electron chi connectivity index (χ1n) is 11.5. The number of piperazine rings is 1. The summed E-state index contributed by atoms with van der Waals surface area (Å²) in [5.41, 5.74) is 3.95. The Bertz CT molecular complexity index is 1160. The number of carbonyl (C=O) groups is 1. The molecule has 186 valence electrons. The first kappa shape index (κ1) is 25.3. The van der Waals surface area contributed by atoms with Crippen LogP contribution in [-0.2, 0) is 4.84 Å². The number of hydrogen-bond donors (Lipinski definition) is 1. The van der Waals surface area contributed by atoms with Gasteiger partial charge in [-0.05, 0) is 49.7 Å². The number of hydroxylamine groups is 1. The van der Waals surface area contributed by atoms with Crippen LogP contribution in [0.4, 0.5) is 10.5 Å². The number of ether oxygens (including phenoxy) is 2. The Kier molecular flexibility index (Phi) is 8.87. The molecule has 1 N–H and O–H groups in total. The predicted molar refractivity (Wildman–Crippen MR) is 138 cm³/mol. The summed E-state index contributed by atoms with van der Waals surface area (Å²) in [5.74, 6) is 0.889. The monoisotopic (exact) mass is 518 g/mol. The molecule has 1 aromatic heterocycles. The quantitative estimate of drug-likeness (QED) is 0.236. The zero-order valence-corrected chi connectivity index (χ0v) is 21.0. The number of carbonyl (C=O) groups excluding carboxylic acids is 1. The topological polar surface area (TPSA) is 76.2 Å². The molecule has 0 amide bonds. The van der Waals surface area contributed by atoms with Gasteiger partial charge in [0.25, 0.3) is 0 Å². The SMILES string of the molecule is CNOC(=O)Oc1ccc2ccc(OCCCCN3CCN(c4cccc(Cl)c4Cl)CC3)cc2n1. The van der Waals surface area contributed by atoms with Gasteiger partial charge in [-0.25, -0.2) is 9.78 Å². The molecule has 0 radical (unpaired) electrons. The van der Waals surface area contributed by atoms with E-state index in [-0.39, 0.29) is 5.88 Å². The third kappa shape index (κ3) is 6.89. The fraction of sp³-hybridized carbons (Fsp3) is 0.360. The summed E-state index contributed by atoms with van der Waals surface area (Å²) in [6.45, 7) is 5.49. The maximum Gasteiger partial charge on any atom is 0.534 e. The Morgan fingerprint density at radius 3 is 2.66 bits per heavy atom. The van der Waals surface area contributed by atoms with Crippen molar-refractivity contribution in [2.45, 2.75) is 12.8 Å². The zero-order valence-electron chi connectivity index (χ0n) is 19.5. The highest BCUT2D eigenvalue weighted by Crippen LogP contribution is 2.33. The van der Waals surface area contributed by atoms with Crippen LogP contribution in [0.2, 0.25) is 10.0 Å².